The summed E-state index contributed by atoms with van der Waals surface area (Å²) in [6.45, 7) is 0.285. The van der Waals surface area contributed by atoms with E-state index in [4.69, 9.17) is 14.2 Å². The SMILES string of the molecule is COc1ccc2[nH]c3c4c(ccc3c2c1)OCO4. The van der Waals surface area contributed by atoms with Crippen LogP contribution in [0.25, 0.3) is 21.8 Å². The molecule has 2 heterocycles. The molecular formula is C14H11NO3. The third-order valence-electron chi connectivity index (χ3n) is 3.32. The summed E-state index contributed by atoms with van der Waals surface area (Å²) in [7, 11) is 1.67. The van der Waals surface area contributed by atoms with Gasteiger partial charge in [0.1, 0.15) is 5.75 Å². The highest BCUT2D eigenvalue weighted by Crippen LogP contribution is 2.41. The summed E-state index contributed by atoms with van der Waals surface area (Å²) in [6, 6.07) is 9.96. The van der Waals surface area contributed by atoms with Gasteiger partial charge in [-0.1, -0.05) is 0 Å². The topological polar surface area (TPSA) is 43.5 Å². The van der Waals surface area contributed by atoms with Gasteiger partial charge < -0.3 is 19.2 Å². The number of benzene rings is 2. The number of rotatable bonds is 1. The average molecular weight is 241 g/mol. The van der Waals surface area contributed by atoms with Crippen molar-refractivity contribution in [2.75, 3.05) is 13.9 Å². The zero-order valence-corrected chi connectivity index (χ0v) is 9.82. The van der Waals surface area contributed by atoms with Gasteiger partial charge >= 0.3 is 0 Å². The monoisotopic (exact) mass is 241 g/mol. The first-order chi connectivity index (χ1) is 8.86. The first kappa shape index (κ1) is 9.65. The number of hydrogen-bond acceptors (Lipinski definition) is 3. The van der Waals surface area contributed by atoms with Crippen LogP contribution in [-0.2, 0) is 0 Å². The molecule has 0 saturated heterocycles. The van der Waals surface area contributed by atoms with Gasteiger partial charge in [0.2, 0.25) is 6.79 Å². The summed E-state index contributed by atoms with van der Waals surface area (Å²) in [5, 5.41) is 2.25. The lowest BCUT2D eigenvalue weighted by atomic mass is 10.1. The number of H-pyrrole nitrogens is 1. The van der Waals surface area contributed by atoms with Crippen molar-refractivity contribution in [2.24, 2.45) is 0 Å². The molecule has 0 saturated carbocycles. The number of aromatic amines is 1. The second kappa shape index (κ2) is 3.32. The van der Waals surface area contributed by atoms with Crippen molar-refractivity contribution in [1.29, 1.82) is 0 Å². The zero-order valence-electron chi connectivity index (χ0n) is 9.82. The van der Waals surface area contributed by atoms with Gasteiger partial charge in [-0.25, -0.2) is 0 Å². The Labute approximate surface area is 103 Å². The van der Waals surface area contributed by atoms with Gasteiger partial charge in [0, 0.05) is 16.3 Å². The fraction of sp³-hybridized carbons (Fsp3) is 0.143. The summed E-state index contributed by atoms with van der Waals surface area (Å²) < 4.78 is 16.2. The summed E-state index contributed by atoms with van der Waals surface area (Å²) in [5.41, 5.74) is 2.04. The van der Waals surface area contributed by atoms with Crippen molar-refractivity contribution in [1.82, 2.24) is 4.98 Å². The molecule has 0 unspecified atom stereocenters. The third-order valence-corrected chi connectivity index (χ3v) is 3.32. The molecule has 0 spiro atoms. The summed E-state index contributed by atoms with van der Waals surface area (Å²) >= 11 is 0. The van der Waals surface area contributed by atoms with E-state index in [2.05, 4.69) is 4.98 Å². The Morgan fingerprint density at radius 2 is 2.06 bits per heavy atom. The summed E-state index contributed by atoms with van der Waals surface area (Å²) in [6.07, 6.45) is 0. The number of hydrogen-bond donors (Lipinski definition) is 1. The van der Waals surface area contributed by atoms with Gasteiger partial charge in [-0.05, 0) is 30.3 Å². The molecule has 18 heavy (non-hydrogen) atoms. The number of ether oxygens (including phenoxy) is 3. The first-order valence-corrected chi connectivity index (χ1v) is 5.75. The van der Waals surface area contributed by atoms with Crippen LogP contribution in [0.15, 0.2) is 30.3 Å². The number of aromatic nitrogens is 1. The predicted molar refractivity (Wildman–Crippen MR) is 68.5 cm³/mol. The minimum Gasteiger partial charge on any atom is -0.497 e. The molecule has 1 aliphatic rings. The quantitative estimate of drug-likeness (QED) is 0.712. The highest BCUT2D eigenvalue weighted by molar-refractivity contribution is 6.10. The summed E-state index contributed by atoms with van der Waals surface area (Å²) in [5.74, 6) is 2.43. The van der Waals surface area contributed by atoms with Gasteiger partial charge in [0.15, 0.2) is 11.5 Å². The van der Waals surface area contributed by atoms with E-state index in [0.29, 0.717) is 0 Å². The lowest BCUT2D eigenvalue weighted by molar-refractivity contribution is 0.174. The van der Waals surface area contributed by atoms with E-state index in [0.717, 1.165) is 39.1 Å². The normalized spacial score (nSPS) is 13.4. The van der Waals surface area contributed by atoms with Gasteiger partial charge in [0.05, 0.1) is 12.6 Å². The van der Waals surface area contributed by atoms with Crippen molar-refractivity contribution >= 4 is 21.8 Å². The molecule has 0 amide bonds. The van der Waals surface area contributed by atoms with Gasteiger partial charge in [-0.2, -0.15) is 0 Å². The van der Waals surface area contributed by atoms with Crippen LogP contribution in [0, 0.1) is 0 Å². The lowest BCUT2D eigenvalue weighted by Crippen LogP contribution is -1.93. The van der Waals surface area contributed by atoms with Crippen molar-refractivity contribution in [2.45, 2.75) is 0 Å². The van der Waals surface area contributed by atoms with E-state index in [1.54, 1.807) is 7.11 Å². The Morgan fingerprint density at radius 3 is 2.94 bits per heavy atom. The Kier molecular flexibility index (Phi) is 1.78. The molecule has 0 atom stereocenters. The molecule has 1 aliphatic heterocycles. The van der Waals surface area contributed by atoms with Crippen LogP contribution in [0.3, 0.4) is 0 Å². The van der Waals surface area contributed by atoms with Crippen molar-refractivity contribution in [3.63, 3.8) is 0 Å². The van der Waals surface area contributed by atoms with E-state index in [9.17, 15) is 0 Å². The van der Waals surface area contributed by atoms with E-state index in [1.807, 2.05) is 30.3 Å². The number of nitrogens with one attached hydrogen (secondary N) is 1. The first-order valence-electron chi connectivity index (χ1n) is 5.75. The molecule has 0 aliphatic carbocycles. The van der Waals surface area contributed by atoms with Gasteiger partial charge in [-0.15, -0.1) is 0 Å². The minimum absolute atomic E-state index is 0.285. The smallest absolute Gasteiger partial charge is 0.231 e. The van der Waals surface area contributed by atoms with Crippen LogP contribution >= 0.6 is 0 Å². The molecule has 1 aromatic heterocycles. The number of methoxy groups -OCH3 is 1. The van der Waals surface area contributed by atoms with Gasteiger partial charge in [-0.3, -0.25) is 0 Å². The molecule has 4 nitrogen and oxygen atoms in total. The fourth-order valence-electron chi connectivity index (χ4n) is 2.44. The molecule has 0 bridgehead atoms. The van der Waals surface area contributed by atoms with Crippen LogP contribution in [0.4, 0.5) is 0 Å². The minimum atomic E-state index is 0.285. The van der Waals surface area contributed by atoms with E-state index < -0.39 is 0 Å². The Bertz CT molecular complexity index is 760. The largest absolute Gasteiger partial charge is 0.497 e. The molecule has 4 rings (SSSR count). The van der Waals surface area contributed by atoms with Crippen LogP contribution in [-0.4, -0.2) is 18.9 Å². The second-order valence-corrected chi connectivity index (χ2v) is 4.26. The molecule has 2 aromatic carbocycles. The Morgan fingerprint density at radius 1 is 1.11 bits per heavy atom. The standard InChI is InChI=1S/C14H11NO3/c1-16-8-2-4-11-10(6-8)9-3-5-12-14(13(9)15-11)18-7-17-12/h2-6,15H,7H2,1H3. The third kappa shape index (κ3) is 1.14. The van der Waals surface area contributed by atoms with Crippen LogP contribution in [0.2, 0.25) is 0 Å². The zero-order chi connectivity index (χ0) is 12.1. The molecule has 3 aromatic rings. The highest BCUT2D eigenvalue weighted by atomic mass is 16.7. The van der Waals surface area contributed by atoms with Crippen LogP contribution in [0.1, 0.15) is 0 Å². The molecule has 90 valence electrons. The maximum absolute atomic E-state index is 5.51. The van der Waals surface area contributed by atoms with Crippen molar-refractivity contribution in [3.05, 3.63) is 30.3 Å². The van der Waals surface area contributed by atoms with E-state index >= 15 is 0 Å². The molecule has 0 fully saturated rings. The lowest BCUT2D eigenvalue weighted by Gasteiger charge is -1.99. The fourth-order valence-corrected chi connectivity index (χ4v) is 2.44. The van der Waals surface area contributed by atoms with Gasteiger partial charge in [0.25, 0.3) is 0 Å². The highest BCUT2D eigenvalue weighted by Gasteiger charge is 2.19. The maximum Gasteiger partial charge on any atom is 0.231 e. The van der Waals surface area contributed by atoms with Crippen LogP contribution in [0.5, 0.6) is 17.2 Å². The molecule has 4 heteroatoms. The van der Waals surface area contributed by atoms with Crippen molar-refractivity contribution < 1.29 is 14.2 Å². The maximum atomic E-state index is 5.51. The predicted octanol–water partition coefficient (Wildman–Crippen LogP) is 3.06. The van der Waals surface area contributed by atoms with Crippen molar-refractivity contribution in [3.8, 4) is 17.2 Å². The number of fused-ring (bicyclic) bond motifs is 5. The second-order valence-electron chi connectivity index (χ2n) is 4.26. The molecule has 1 N–H and O–H groups in total. The summed E-state index contributed by atoms with van der Waals surface area (Å²) in [4.78, 5) is 3.37. The average Bonchev–Trinajstić information content (AvgIpc) is 3.01. The van der Waals surface area contributed by atoms with E-state index in [1.165, 1.54) is 0 Å². The molecule has 0 radical (unpaired) electrons. The van der Waals surface area contributed by atoms with E-state index in [-0.39, 0.29) is 6.79 Å². The Balaban J connectivity index is 2.13. The Hall–Kier alpha value is -2.36. The molecular weight excluding hydrogens is 230 g/mol. The van der Waals surface area contributed by atoms with Crippen LogP contribution < -0.4 is 14.2 Å².